The fourth-order valence-corrected chi connectivity index (χ4v) is 3.50. The largest absolute Gasteiger partial charge is 0.362 e. The molecule has 1 aliphatic carbocycles. The van der Waals surface area contributed by atoms with Crippen molar-refractivity contribution < 1.29 is 4.79 Å². The van der Waals surface area contributed by atoms with Gasteiger partial charge in [-0.05, 0) is 36.5 Å². The summed E-state index contributed by atoms with van der Waals surface area (Å²) in [5, 5.41) is 2.45. The van der Waals surface area contributed by atoms with E-state index in [9.17, 15) is 4.79 Å². The van der Waals surface area contributed by atoms with Crippen LogP contribution in [0.3, 0.4) is 0 Å². The highest BCUT2D eigenvalue weighted by atomic mass is 32.1. The lowest BCUT2D eigenvalue weighted by Gasteiger charge is -2.31. The predicted octanol–water partition coefficient (Wildman–Crippen LogP) is 3.24. The molecule has 0 radical (unpaired) electrons. The second-order valence-electron chi connectivity index (χ2n) is 4.89. The van der Waals surface area contributed by atoms with Crippen molar-refractivity contribution in [1.29, 1.82) is 0 Å². The standard InChI is InChI=1S/C14H16N2OS/c1-16(10-6-8-11(17)9-7-10)14-12-4-2-3-5-13(12)15-18-14/h2-5,10H,6-9H2,1H3. The van der Waals surface area contributed by atoms with Crippen molar-refractivity contribution in [2.45, 2.75) is 31.7 Å². The number of ketones is 1. The van der Waals surface area contributed by atoms with Gasteiger partial charge in [0.25, 0.3) is 0 Å². The molecule has 1 heterocycles. The van der Waals surface area contributed by atoms with E-state index in [1.165, 1.54) is 10.4 Å². The molecule has 0 bridgehead atoms. The highest BCUT2D eigenvalue weighted by Crippen LogP contribution is 2.34. The molecule has 0 unspecified atom stereocenters. The van der Waals surface area contributed by atoms with Gasteiger partial charge in [0.2, 0.25) is 0 Å². The average molecular weight is 260 g/mol. The minimum Gasteiger partial charge on any atom is -0.362 e. The van der Waals surface area contributed by atoms with Crippen molar-refractivity contribution >= 4 is 33.2 Å². The van der Waals surface area contributed by atoms with Gasteiger partial charge < -0.3 is 4.90 Å². The SMILES string of the molecule is CN(c1snc2ccccc12)C1CCC(=O)CC1. The van der Waals surface area contributed by atoms with Crippen LogP contribution in [0.15, 0.2) is 24.3 Å². The molecule has 3 rings (SSSR count). The fraction of sp³-hybridized carbons (Fsp3) is 0.429. The van der Waals surface area contributed by atoms with Gasteiger partial charge in [0.05, 0.1) is 5.52 Å². The Bertz CT molecular complexity index is 568. The summed E-state index contributed by atoms with van der Waals surface area (Å²) < 4.78 is 4.48. The number of aromatic nitrogens is 1. The van der Waals surface area contributed by atoms with Gasteiger partial charge >= 0.3 is 0 Å². The van der Waals surface area contributed by atoms with Crippen molar-refractivity contribution in [2.75, 3.05) is 11.9 Å². The lowest BCUT2D eigenvalue weighted by molar-refractivity contribution is -0.120. The zero-order valence-corrected chi connectivity index (χ0v) is 11.2. The lowest BCUT2D eigenvalue weighted by atomic mass is 9.93. The number of nitrogens with zero attached hydrogens (tertiary/aromatic N) is 2. The number of carbonyl (C=O) groups excluding carboxylic acids is 1. The van der Waals surface area contributed by atoms with E-state index in [2.05, 4.69) is 28.5 Å². The lowest BCUT2D eigenvalue weighted by Crippen LogP contribution is -2.34. The van der Waals surface area contributed by atoms with Crippen LogP contribution in [0, 0.1) is 0 Å². The zero-order chi connectivity index (χ0) is 12.5. The van der Waals surface area contributed by atoms with Crippen molar-refractivity contribution in [3.05, 3.63) is 24.3 Å². The molecule has 1 saturated carbocycles. The molecule has 0 aliphatic heterocycles. The Balaban J connectivity index is 1.87. The van der Waals surface area contributed by atoms with Crippen LogP contribution in [0.4, 0.5) is 5.00 Å². The van der Waals surface area contributed by atoms with Crippen molar-refractivity contribution in [2.24, 2.45) is 0 Å². The number of benzene rings is 1. The second-order valence-corrected chi connectivity index (χ2v) is 5.64. The number of hydrogen-bond acceptors (Lipinski definition) is 4. The molecular weight excluding hydrogens is 244 g/mol. The summed E-state index contributed by atoms with van der Waals surface area (Å²) in [6.07, 6.45) is 3.40. The van der Waals surface area contributed by atoms with Crippen LogP contribution in [-0.4, -0.2) is 23.2 Å². The normalized spacial score (nSPS) is 17.3. The molecule has 0 N–H and O–H groups in total. The first-order valence-electron chi connectivity index (χ1n) is 6.34. The highest BCUT2D eigenvalue weighted by molar-refractivity contribution is 7.11. The van der Waals surface area contributed by atoms with E-state index in [4.69, 9.17) is 0 Å². The van der Waals surface area contributed by atoms with E-state index in [1.807, 2.05) is 12.1 Å². The summed E-state index contributed by atoms with van der Waals surface area (Å²) in [5.74, 6) is 0.411. The Morgan fingerprint density at radius 1 is 1.28 bits per heavy atom. The van der Waals surface area contributed by atoms with E-state index in [0.717, 1.165) is 31.2 Å². The molecule has 1 aromatic heterocycles. The first-order chi connectivity index (χ1) is 8.75. The molecule has 4 heteroatoms. The number of fused-ring (bicyclic) bond motifs is 1. The molecular formula is C14H16N2OS. The van der Waals surface area contributed by atoms with Gasteiger partial charge in [-0.15, -0.1) is 0 Å². The monoisotopic (exact) mass is 260 g/mol. The van der Waals surface area contributed by atoms with E-state index in [1.54, 1.807) is 11.5 Å². The third-order valence-corrected chi connectivity index (χ3v) is 4.71. The van der Waals surface area contributed by atoms with Crippen LogP contribution >= 0.6 is 11.5 Å². The van der Waals surface area contributed by atoms with Crippen molar-refractivity contribution in [3.63, 3.8) is 0 Å². The van der Waals surface area contributed by atoms with Gasteiger partial charge in [-0.3, -0.25) is 4.79 Å². The van der Waals surface area contributed by atoms with Gasteiger partial charge in [0, 0.05) is 31.3 Å². The van der Waals surface area contributed by atoms with Crippen LogP contribution in [0.1, 0.15) is 25.7 Å². The third kappa shape index (κ3) is 2.01. The van der Waals surface area contributed by atoms with Gasteiger partial charge in [0.1, 0.15) is 10.8 Å². The van der Waals surface area contributed by atoms with Gasteiger partial charge in [-0.1, -0.05) is 12.1 Å². The van der Waals surface area contributed by atoms with Crippen LogP contribution < -0.4 is 4.90 Å². The minimum atomic E-state index is 0.411. The van der Waals surface area contributed by atoms with Crippen LogP contribution in [0.25, 0.3) is 10.9 Å². The number of Topliss-reactive ketones (excluding diaryl/α,β-unsaturated/α-hetero) is 1. The molecule has 0 amide bonds. The minimum absolute atomic E-state index is 0.411. The van der Waals surface area contributed by atoms with Gasteiger partial charge in [-0.2, -0.15) is 4.37 Å². The Labute approximate surface area is 111 Å². The molecule has 3 nitrogen and oxygen atoms in total. The Morgan fingerprint density at radius 2 is 2.00 bits per heavy atom. The Morgan fingerprint density at radius 3 is 2.78 bits per heavy atom. The number of hydrogen-bond donors (Lipinski definition) is 0. The molecule has 1 aromatic carbocycles. The number of carbonyl (C=O) groups is 1. The first-order valence-corrected chi connectivity index (χ1v) is 7.12. The molecule has 2 aromatic rings. The molecule has 94 valence electrons. The van der Waals surface area contributed by atoms with E-state index >= 15 is 0 Å². The smallest absolute Gasteiger partial charge is 0.133 e. The molecule has 1 aliphatic rings. The molecule has 0 spiro atoms. The van der Waals surface area contributed by atoms with Crippen LogP contribution in [-0.2, 0) is 4.79 Å². The topological polar surface area (TPSA) is 33.2 Å². The summed E-state index contributed by atoms with van der Waals surface area (Å²) >= 11 is 1.56. The fourth-order valence-electron chi connectivity index (χ4n) is 2.61. The maximum absolute atomic E-state index is 11.3. The van der Waals surface area contributed by atoms with Crippen LogP contribution in [0.2, 0.25) is 0 Å². The number of rotatable bonds is 2. The maximum atomic E-state index is 11.3. The number of anilines is 1. The van der Waals surface area contributed by atoms with Crippen molar-refractivity contribution in [3.8, 4) is 0 Å². The van der Waals surface area contributed by atoms with E-state index in [-0.39, 0.29) is 0 Å². The van der Waals surface area contributed by atoms with Gasteiger partial charge in [0.15, 0.2) is 0 Å². The van der Waals surface area contributed by atoms with E-state index in [0.29, 0.717) is 11.8 Å². The summed E-state index contributed by atoms with van der Waals surface area (Å²) in [4.78, 5) is 13.6. The summed E-state index contributed by atoms with van der Waals surface area (Å²) in [6.45, 7) is 0. The summed E-state index contributed by atoms with van der Waals surface area (Å²) in [5.41, 5.74) is 1.07. The first kappa shape index (κ1) is 11.7. The molecule has 0 saturated heterocycles. The maximum Gasteiger partial charge on any atom is 0.133 e. The molecule has 1 fully saturated rings. The zero-order valence-electron chi connectivity index (χ0n) is 10.4. The third-order valence-electron chi connectivity index (χ3n) is 3.75. The summed E-state index contributed by atoms with van der Waals surface area (Å²) in [6, 6.07) is 8.72. The highest BCUT2D eigenvalue weighted by Gasteiger charge is 2.24. The second kappa shape index (κ2) is 4.69. The summed E-state index contributed by atoms with van der Waals surface area (Å²) in [7, 11) is 2.13. The quantitative estimate of drug-likeness (QED) is 0.831. The average Bonchev–Trinajstić information content (AvgIpc) is 2.82. The Hall–Kier alpha value is -1.42. The van der Waals surface area contributed by atoms with Gasteiger partial charge in [-0.25, -0.2) is 0 Å². The van der Waals surface area contributed by atoms with E-state index < -0.39 is 0 Å². The predicted molar refractivity (Wildman–Crippen MR) is 75.3 cm³/mol. The molecule has 18 heavy (non-hydrogen) atoms. The Kier molecular flexibility index (Phi) is 3.04. The molecule has 0 atom stereocenters. The van der Waals surface area contributed by atoms with Crippen LogP contribution in [0.5, 0.6) is 0 Å². The van der Waals surface area contributed by atoms with Crippen molar-refractivity contribution in [1.82, 2.24) is 4.37 Å².